The van der Waals surface area contributed by atoms with Crippen molar-refractivity contribution in [2.24, 2.45) is 0 Å². The Labute approximate surface area is 162 Å². The van der Waals surface area contributed by atoms with Crippen molar-refractivity contribution in [1.82, 2.24) is 9.88 Å². The molecular weight excluding hydrogens is 366 g/mol. The number of methoxy groups -OCH3 is 1. The summed E-state index contributed by atoms with van der Waals surface area (Å²) in [6.45, 7) is 6.13. The first-order valence-electron chi connectivity index (χ1n) is 8.92. The second-order valence-electron chi connectivity index (χ2n) is 7.31. The number of thiazole rings is 1. The Kier molecular flexibility index (Phi) is 4.69. The van der Waals surface area contributed by atoms with Gasteiger partial charge in [-0.25, -0.2) is 9.78 Å². The highest BCUT2D eigenvalue weighted by atomic mass is 32.1. The number of hydrogen-bond donors (Lipinski definition) is 1. The van der Waals surface area contributed by atoms with Gasteiger partial charge in [0.2, 0.25) is 0 Å². The van der Waals surface area contributed by atoms with Crippen molar-refractivity contribution in [3.8, 4) is 11.5 Å². The largest absolute Gasteiger partial charge is 0.497 e. The van der Waals surface area contributed by atoms with Crippen LogP contribution in [0.5, 0.6) is 11.5 Å². The number of carbonyl (C=O) groups is 1. The Morgan fingerprint density at radius 2 is 2.26 bits per heavy atom. The molecule has 8 heteroatoms. The minimum atomic E-state index is -0.523. The van der Waals surface area contributed by atoms with Crippen LogP contribution < -0.4 is 14.8 Å². The molecule has 0 saturated heterocycles. The second kappa shape index (κ2) is 7.01. The lowest BCUT2D eigenvalue weighted by molar-refractivity contribution is 0.0833. The molecule has 2 aliphatic rings. The van der Waals surface area contributed by atoms with Crippen molar-refractivity contribution in [3.63, 3.8) is 0 Å². The second-order valence-corrected chi connectivity index (χ2v) is 8.40. The van der Waals surface area contributed by atoms with Gasteiger partial charge in [-0.05, 0) is 26.0 Å². The number of nitrogens with zero attached hydrogens (tertiary/aromatic N) is 2. The van der Waals surface area contributed by atoms with Crippen LogP contribution in [0.3, 0.4) is 0 Å². The lowest BCUT2D eigenvalue weighted by atomic mass is 10.1. The molecule has 0 aliphatic carbocycles. The predicted octanol–water partition coefficient (Wildman–Crippen LogP) is 3.43. The number of benzene rings is 1. The number of aromatic nitrogens is 1. The molecule has 4 rings (SSSR count). The molecule has 27 heavy (non-hydrogen) atoms. The maximum atomic E-state index is 12.9. The van der Waals surface area contributed by atoms with E-state index in [0.29, 0.717) is 31.4 Å². The van der Waals surface area contributed by atoms with Crippen LogP contribution in [-0.4, -0.2) is 41.8 Å². The van der Waals surface area contributed by atoms with Crippen molar-refractivity contribution >= 4 is 22.5 Å². The van der Waals surface area contributed by atoms with Gasteiger partial charge in [-0.15, -0.1) is 0 Å². The zero-order valence-corrected chi connectivity index (χ0v) is 16.5. The lowest BCUT2D eigenvalue weighted by Gasteiger charge is -2.29. The first-order chi connectivity index (χ1) is 12.9. The number of rotatable bonds is 2. The summed E-state index contributed by atoms with van der Waals surface area (Å²) in [4.78, 5) is 20.3. The molecule has 0 atom stereocenters. The topological polar surface area (TPSA) is 72.9 Å². The normalized spacial score (nSPS) is 18.0. The molecule has 144 valence electrons. The van der Waals surface area contributed by atoms with Crippen LogP contribution in [-0.2, 0) is 24.3 Å². The Morgan fingerprint density at radius 3 is 3.04 bits per heavy atom. The van der Waals surface area contributed by atoms with E-state index in [-0.39, 0.29) is 6.03 Å². The fraction of sp³-hybridized carbons (Fsp3) is 0.474. The monoisotopic (exact) mass is 389 g/mol. The van der Waals surface area contributed by atoms with E-state index >= 15 is 0 Å². The van der Waals surface area contributed by atoms with Crippen molar-refractivity contribution < 1.29 is 19.0 Å². The maximum Gasteiger partial charge on any atom is 0.324 e. The smallest absolute Gasteiger partial charge is 0.324 e. The van der Waals surface area contributed by atoms with Crippen LogP contribution in [0.4, 0.5) is 9.93 Å². The lowest BCUT2D eigenvalue weighted by Crippen LogP contribution is -2.44. The predicted molar refractivity (Wildman–Crippen MR) is 103 cm³/mol. The number of carbonyl (C=O) groups excluding carboxylic acids is 1. The van der Waals surface area contributed by atoms with E-state index in [4.69, 9.17) is 14.2 Å². The molecular formula is C19H23N3O4S. The van der Waals surface area contributed by atoms with Gasteiger partial charge < -0.3 is 19.1 Å². The van der Waals surface area contributed by atoms with E-state index in [2.05, 4.69) is 10.3 Å². The van der Waals surface area contributed by atoms with Crippen LogP contribution in [0.25, 0.3) is 0 Å². The number of fused-ring (bicyclic) bond motifs is 2. The van der Waals surface area contributed by atoms with Crippen LogP contribution in [0.2, 0.25) is 0 Å². The van der Waals surface area contributed by atoms with Crippen molar-refractivity contribution in [1.29, 1.82) is 0 Å². The SMILES string of the molecule is COc1ccc2c(c1)OC(C)(C)CN(C(=O)Nc1nc3c(s1)COCC3)C2. The van der Waals surface area contributed by atoms with Gasteiger partial charge in [0.1, 0.15) is 17.1 Å². The van der Waals surface area contributed by atoms with Gasteiger partial charge >= 0.3 is 6.03 Å². The highest BCUT2D eigenvalue weighted by molar-refractivity contribution is 7.15. The van der Waals surface area contributed by atoms with E-state index < -0.39 is 5.60 Å². The van der Waals surface area contributed by atoms with Gasteiger partial charge in [-0.3, -0.25) is 5.32 Å². The molecule has 0 bridgehead atoms. The molecule has 0 fully saturated rings. The number of amides is 2. The third-order valence-electron chi connectivity index (χ3n) is 4.59. The van der Waals surface area contributed by atoms with Crippen molar-refractivity contribution in [3.05, 3.63) is 34.3 Å². The van der Waals surface area contributed by atoms with E-state index in [1.54, 1.807) is 12.0 Å². The molecule has 1 aromatic carbocycles. The minimum Gasteiger partial charge on any atom is -0.497 e. The Balaban J connectivity index is 1.54. The molecule has 2 aromatic rings. The number of nitrogens with one attached hydrogen (secondary N) is 1. The quantitative estimate of drug-likeness (QED) is 0.852. The fourth-order valence-corrected chi connectivity index (χ4v) is 4.27. The van der Waals surface area contributed by atoms with E-state index in [0.717, 1.165) is 34.1 Å². The van der Waals surface area contributed by atoms with E-state index in [1.807, 2.05) is 32.0 Å². The zero-order chi connectivity index (χ0) is 19.0. The molecule has 0 radical (unpaired) electrons. The van der Waals surface area contributed by atoms with Crippen LogP contribution in [0, 0.1) is 0 Å². The van der Waals surface area contributed by atoms with Gasteiger partial charge in [0.15, 0.2) is 5.13 Å². The first-order valence-corrected chi connectivity index (χ1v) is 9.73. The number of anilines is 1. The Hall–Kier alpha value is -2.32. The molecule has 0 saturated carbocycles. The number of urea groups is 1. The average molecular weight is 389 g/mol. The van der Waals surface area contributed by atoms with Gasteiger partial charge in [0.25, 0.3) is 0 Å². The van der Waals surface area contributed by atoms with Crippen LogP contribution in [0.1, 0.15) is 30.0 Å². The third-order valence-corrected chi connectivity index (χ3v) is 5.58. The Bertz CT molecular complexity index is 841. The maximum absolute atomic E-state index is 12.9. The van der Waals surface area contributed by atoms with E-state index in [9.17, 15) is 4.79 Å². The molecule has 0 unspecified atom stereocenters. The fourth-order valence-electron chi connectivity index (χ4n) is 3.33. The summed E-state index contributed by atoms with van der Waals surface area (Å²) < 4.78 is 16.9. The molecule has 1 aromatic heterocycles. The molecule has 0 spiro atoms. The standard InChI is InChI=1S/C19H23N3O4S/c1-19(2)11-22(9-12-4-5-13(24-3)8-15(12)26-19)18(23)21-17-20-14-6-7-25-10-16(14)27-17/h4-5,8H,6-7,9-11H2,1-3H3,(H,20,21,23). The highest BCUT2D eigenvalue weighted by Crippen LogP contribution is 2.33. The summed E-state index contributed by atoms with van der Waals surface area (Å²) in [7, 11) is 1.63. The van der Waals surface area contributed by atoms with E-state index in [1.165, 1.54) is 11.3 Å². The Morgan fingerprint density at radius 1 is 1.41 bits per heavy atom. The van der Waals surface area contributed by atoms with Crippen molar-refractivity contribution in [2.75, 3.05) is 25.6 Å². The van der Waals surface area contributed by atoms with Crippen molar-refractivity contribution in [2.45, 2.75) is 39.0 Å². The van der Waals surface area contributed by atoms with Crippen LogP contribution >= 0.6 is 11.3 Å². The summed E-state index contributed by atoms with van der Waals surface area (Å²) in [6, 6.07) is 5.51. The molecule has 1 N–H and O–H groups in total. The summed E-state index contributed by atoms with van der Waals surface area (Å²) in [5.74, 6) is 1.48. The third kappa shape index (κ3) is 3.86. The first kappa shape index (κ1) is 18.1. The molecule has 2 aliphatic heterocycles. The molecule has 3 heterocycles. The molecule has 2 amide bonds. The van der Waals surface area contributed by atoms with Gasteiger partial charge in [0, 0.05) is 18.1 Å². The summed E-state index contributed by atoms with van der Waals surface area (Å²) in [5.41, 5.74) is 1.45. The summed E-state index contributed by atoms with van der Waals surface area (Å²) in [5, 5.41) is 3.57. The minimum absolute atomic E-state index is 0.178. The van der Waals surface area contributed by atoms with Gasteiger partial charge in [-0.1, -0.05) is 11.3 Å². The zero-order valence-electron chi connectivity index (χ0n) is 15.7. The number of ether oxygens (including phenoxy) is 3. The molecule has 7 nitrogen and oxygen atoms in total. The highest BCUT2D eigenvalue weighted by Gasteiger charge is 2.32. The van der Waals surface area contributed by atoms with Gasteiger partial charge in [-0.2, -0.15) is 0 Å². The van der Waals surface area contributed by atoms with Crippen LogP contribution in [0.15, 0.2) is 18.2 Å². The number of hydrogen-bond acceptors (Lipinski definition) is 6. The average Bonchev–Trinajstić information content (AvgIpc) is 2.97. The summed E-state index contributed by atoms with van der Waals surface area (Å²) >= 11 is 1.48. The van der Waals surface area contributed by atoms with Gasteiger partial charge in [0.05, 0.1) is 44.0 Å². The summed E-state index contributed by atoms with van der Waals surface area (Å²) in [6.07, 6.45) is 0.793.